The Kier molecular flexibility index (Phi) is 7.97. The first-order chi connectivity index (χ1) is 13.9. The molecule has 29 heavy (non-hydrogen) atoms. The van der Waals surface area contributed by atoms with Crippen LogP contribution >= 0.6 is 0 Å². The molecule has 0 fully saturated rings. The molecule has 7 nitrogen and oxygen atoms in total. The van der Waals surface area contributed by atoms with E-state index in [9.17, 15) is 14.4 Å². The number of hydrogen-bond acceptors (Lipinski definition) is 4. The van der Waals surface area contributed by atoms with Gasteiger partial charge in [0.25, 0.3) is 11.8 Å². The zero-order chi connectivity index (χ0) is 21.2. The summed E-state index contributed by atoms with van der Waals surface area (Å²) in [6, 6.07) is 13.7. The summed E-state index contributed by atoms with van der Waals surface area (Å²) in [5, 5.41) is 11.2. The summed E-state index contributed by atoms with van der Waals surface area (Å²) in [7, 11) is 0. The minimum atomic E-state index is -0.337. The van der Waals surface area contributed by atoms with Gasteiger partial charge in [-0.05, 0) is 38.1 Å². The van der Waals surface area contributed by atoms with Gasteiger partial charge in [-0.2, -0.15) is 0 Å². The first-order valence-corrected chi connectivity index (χ1v) is 9.34. The van der Waals surface area contributed by atoms with Crippen LogP contribution in [0.1, 0.15) is 34.6 Å². The molecule has 0 atom stereocenters. The zero-order valence-corrected chi connectivity index (χ0v) is 16.6. The van der Waals surface area contributed by atoms with Gasteiger partial charge < -0.3 is 21.3 Å². The van der Waals surface area contributed by atoms with E-state index in [0.29, 0.717) is 29.0 Å². The highest BCUT2D eigenvalue weighted by Gasteiger charge is 2.15. The standard InChI is InChI=1S/C22H26N4O3/c1-4-13-23-21(28)16-9-5-7-11-18(16)24-14-20(27)26-19-12-8-6-10-17(19)22(29)25-15(2)3/h4-12,15,24H,1,13-14H2,2-3H3,(H,23,28)(H,25,29)(H,26,27). The summed E-state index contributed by atoms with van der Waals surface area (Å²) < 4.78 is 0. The quantitative estimate of drug-likeness (QED) is 0.492. The summed E-state index contributed by atoms with van der Waals surface area (Å²) in [4.78, 5) is 37.0. The van der Waals surface area contributed by atoms with Gasteiger partial charge >= 0.3 is 0 Å². The van der Waals surface area contributed by atoms with Gasteiger partial charge in [0, 0.05) is 18.3 Å². The third-order valence-electron chi connectivity index (χ3n) is 3.88. The first kappa shape index (κ1) is 21.7. The highest BCUT2D eigenvalue weighted by molar-refractivity contribution is 6.05. The highest BCUT2D eigenvalue weighted by Crippen LogP contribution is 2.17. The molecular formula is C22H26N4O3. The minimum Gasteiger partial charge on any atom is -0.376 e. The van der Waals surface area contributed by atoms with Crippen LogP contribution in [0.4, 0.5) is 11.4 Å². The summed E-state index contributed by atoms with van der Waals surface area (Å²) in [5.41, 5.74) is 1.78. The molecule has 0 spiro atoms. The monoisotopic (exact) mass is 394 g/mol. The van der Waals surface area contributed by atoms with E-state index in [0.717, 1.165) is 0 Å². The van der Waals surface area contributed by atoms with E-state index in [-0.39, 0.29) is 30.3 Å². The van der Waals surface area contributed by atoms with Gasteiger partial charge in [0.05, 0.1) is 23.4 Å². The van der Waals surface area contributed by atoms with Crippen LogP contribution in [0, 0.1) is 0 Å². The molecule has 7 heteroatoms. The van der Waals surface area contributed by atoms with E-state index < -0.39 is 0 Å². The van der Waals surface area contributed by atoms with Crippen molar-refractivity contribution < 1.29 is 14.4 Å². The van der Waals surface area contributed by atoms with Gasteiger partial charge in [-0.3, -0.25) is 14.4 Å². The summed E-state index contributed by atoms with van der Waals surface area (Å²) in [5.74, 6) is -0.853. The van der Waals surface area contributed by atoms with E-state index in [1.165, 1.54) is 0 Å². The van der Waals surface area contributed by atoms with Gasteiger partial charge in [-0.1, -0.05) is 30.3 Å². The van der Waals surface area contributed by atoms with Crippen molar-refractivity contribution in [3.63, 3.8) is 0 Å². The SMILES string of the molecule is C=CCNC(=O)c1ccccc1NCC(=O)Nc1ccccc1C(=O)NC(C)C. The largest absolute Gasteiger partial charge is 0.376 e. The summed E-state index contributed by atoms with van der Waals surface area (Å²) in [6.45, 7) is 7.59. The maximum absolute atomic E-state index is 12.4. The van der Waals surface area contributed by atoms with Crippen LogP contribution in [-0.4, -0.2) is 36.9 Å². The normalized spacial score (nSPS) is 10.2. The molecule has 0 aromatic heterocycles. The Morgan fingerprint density at radius 2 is 1.52 bits per heavy atom. The molecule has 0 aliphatic rings. The molecule has 3 amide bonds. The fourth-order valence-corrected chi connectivity index (χ4v) is 2.60. The Morgan fingerprint density at radius 1 is 0.931 bits per heavy atom. The zero-order valence-electron chi connectivity index (χ0n) is 16.6. The molecule has 2 rings (SSSR count). The highest BCUT2D eigenvalue weighted by atomic mass is 16.2. The molecule has 152 valence electrons. The second kappa shape index (κ2) is 10.7. The molecule has 0 unspecified atom stereocenters. The van der Waals surface area contributed by atoms with Gasteiger partial charge in [-0.15, -0.1) is 6.58 Å². The molecule has 0 saturated heterocycles. The van der Waals surface area contributed by atoms with Gasteiger partial charge in [-0.25, -0.2) is 0 Å². The molecule has 0 bridgehead atoms. The van der Waals surface area contributed by atoms with Gasteiger partial charge in [0.1, 0.15) is 0 Å². The number of nitrogens with one attached hydrogen (secondary N) is 4. The van der Waals surface area contributed by atoms with E-state index >= 15 is 0 Å². The van der Waals surface area contributed by atoms with E-state index in [4.69, 9.17) is 0 Å². The molecule has 0 aliphatic heterocycles. The van der Waals surface area contributed by atoms with Gasteiger partial charge in [0.15, 0.2) is 0 Å². The van der Waals surface area contributed by atoms with Crippen LogP contribution in [0.3, 0.4) is 0 Å². The van der Waals surface area contributed by atoms with Crippen LogP contribution in [0.2, 0.25) is 0 Å². The fourth-order valence-electron chi connectivity index (χ4n) is 2.60. The Bertz CT molecular complexity index is 893. The summed E-state index contributed by atoms with van der Waals surface area (Å²) >= 11 is 0. The van der Waals surface area contributed by atoms with Crippen molar-refractivity contribution in [3.05, 3.63) is 72.3 Å². The van der Waals surface area contributed by atoms with Crippen LogP contribution < -0.4 is 21.3 Å². The van der Waals surface area contributed by atoms with Crippen molar-refractivity contribution in [2.75, 3.05) is 23.7 Å². The number of carbonyl (C=O) groups is 3. The van der Waals surface area contributed by atoms with Crippen molar-refractivity contribution in [2.45, 2.75) is 19.9 Å². The van der Waals surface area contributed by atoms with Crippen LogP contribution in [0.25, 0.3) is 0 Å². The number of carbonyl (C=O) groups excluding carboxylic acids is 3. The molecule has 0 aliphatic carbocycles. The minimum absolute atomic E-state index is 0.0170. The second-order valence-electron chi connectivity index (χ2n) is 6.62. The van der Waals surface area contributed by atoms with Crippen molar-refractivity contribution in [3.8, 4) is 0 Å². The predicted molar refractivity (Wildman–Crippen MR) is 115 cm³/mol. The van der Waals surface area contributed by atoms with Crippen molar-refractivity contribution in [1.82, 2.24) is 10.6 Å². The fraction of sp³-hybridized carbons (Fsp3) is 0.227. The van der Waals surface area contributed by atoms with E-state index in [1.807, 2.05) is 13.8 Å². The van der Waals surface area contributed by atoms with E-state index in [1.54, 1.807) is 54.6 Å². The molecule has 2 aromatic carbocycles. The number of amides is 3. The smallest absolute Gasteiger partial charge is 0.253 e. The summed E-state index contributed by atoms with van der Waals surface area (Å²) in [6.07, 6.45) is 1.59. The molecular weight excluding hydrogens is 368 g/mol. The lowest BCUT2D eigenvalue weighted by molar-refractivity contribution is -0.114. The Balaban J connectivity index is 2.04. The van der Waals surface area contributed by atoms with Crippen LogP contribution in [0.15, 0.2) is 61.2 Å². The topological polar surface area (TPSA) is 99.3 Å². The average molecular weight is 394 g/mol. The lowest BCUT2D eigenvalue weighted by atomic mass is 10.1. The van der Waals surface area contributed by atoms with Crippen molar-refractivity contribution in [2.24, 2.45) is 0 Å². The number of rotatable bonds is 9. The molecule has 4 N–H and O–H groups in total. The Morgan fingerprint density at radius 3 is 2.14 bits per heavy atom. The number of anilines is 2. The third kappa shape index (κ3) is 6.49. The van der Waals surface area contributed by atoms with Crippen LogP contribution in [0.5, 0.6) is 0 Å². The maximum atomic E-state index is 12.4. The maximum Gasteiger partial charge on any atom is 0.253 e. The number of hydrogen-bond donors (Lipinski definition) is 4. The molecule has 0 heterocycles. The average Bonchev–Trinajstić information content (AvgIpc) is 2.70. The Hall–Kier alpha value is -3.61. The molecule has 0 radical (unpaired) electrons. The number of benzene rings is 2. The van der Waals surface area contributed by atoms with Crippen molar-refractivity contribution in [1.29, 1.82) is 0 Å². The lowest BCUT2D eigenvalue weighted by Gasteiger charge is -2.14. The molecule has 2 aromatic rings. The predicted octanol–water partition coefficient (Wildman–Crippen LogP) is 2.79. The van der Waals surface area contributed by atoms with Crippen LogP contribution in [-0.2, 0) is 4.79 Å². The van der Waals surface area contributed by atoms with Gasteiger partial charge in [0.2, 0.25) is 5.91 Å². The molecule has 0 saturated carbocycles. The van der Waals surface area contributed by atoms with Crippen molar-refractivity contribution >= 4 is 29.1 Å². The number of para-hydroxylation sites is 2. The Labute approximate surface area is 170 Å². The van der Waals surface area contributed by atoms with E-state index in [2.05, 4.69) is 27.8 Å². The second-order valence-corrected chi connectivity index (χ2v) is 6.62. The third-order valence-corrected chi connectivity index (χ3v) is 3.88. The lowest BCUT2D eigenvalue weighted by Crippen LogP contribution is -2.31. The first-order valence-electron chi connectivity index (χ1n) is 9.34.